The first-order chi connectivity index (χ1) is 8.20. The van der Waals surface area contributed by atoms with Crippen LogP contribution in [0.3, 0.4) is 0 Å². The summed E-state index contributed by atoms with van der Waals surface area (Å²) in [6, 6.07) is 0.559. The van der Waals surface area contributed by atoms with Gasteiger partial charge in [-0.1, -0.05) is 12.8 Å². The molecule has 0 heterocycles. The topological polar surface area (TPSA) is 58.4 Å². The molecule has 0 radical (unpaired) electrons. The van der Waals surface area contributed by atoms with E-state index in [4.69, 9.17) is 5.73 Å². The van der Waals surface area contributed by atoms with Gasteiger partial charge in [-0.25, -0.2) is 0 Å². The van der Waals surface area contributed by atoms with Gasteiger partial charge in [-0.05, 0) is 39.7 Å². The van der Waals surface area contributed by atoms with Crippen LogP contribution in [-0.2, 0) is 4.79 Å². The number of carbonyl (C=O) groups is 1. The van der Waals surface area contributed by atoms with Gasteiger partial charge in [0.2, 0.25) is 5.91 Å². The lowest BCUT2D eigenvalue weighted by molar-refractivity contribution is -0.126. The van der Waals surface area contributed by atoms with Crippen LogP contribution in [0, 0.1) is 0 Å². The van der Waals surface area contributed by atoms with Gasteiger partial charge in [0.05, 0.1) is 6.04 Å². The fourth-order valence-corrected chi connectivity index (χ4v) is 2.67. The summed E-state index contributed by atoms with van der Waals surface area (Å²) < 4.78 is 0. The molecule has 0 aromatic carbocycles. The second-order valence-corrected chi connectivity index (χ2v) is 4.89. The predicted molar refractivity (Wildman–Crippen MR) is 70.8 cm³/mol. The quantitative estimate of drug-likeness (QED) is 0.702. The van der Waals surface area contributed by atoms with Crippen molar-refractivity contribution in [3.8, 4) is 0 Å². The molecule has 100 valence electrons. The van der Waals surface area contributed by atoms with Crippen LogP contribution in [0.2, 0.25) is 0 Å². The lowest BCUT2D eigenvalue weighted by atomic mass is 10.1. The highest BCUT2D eigenvalue weighted by Crippen LogP contribution is 2.25. The number of amides is 1. The molecule has 17 heavy (non-hydrogen) atoms. The molecule has 1 rings (SSSR count). The smallest absolute Gasteiger partial charge is 0.237 e. The maximum atomic E-state index is 11.9. The molecule has 0 spiro atoms. The molecule has 4 nitrogen and oxygen atoms in total. The molecule has 0 aromatic heterocycles. The lowest BCUT2D eigenvalue weighted by Crippen LogP contribution is -2.49. The highest BCUT2D eigenvalue weighted by atomic mass is 16.2. The third kappa shape index (κ3) is 4.28. The van der Waals surface area contributed by atoms with E-state index < -0.39 is 0 Å². The number of nitrogens with two attached hydrogens (primary N) is 1. The van der Waals surface area contributed by atoms with E-state index in [1.54, 1.807) is 0 Å². The summed E-state index contributed by atoms with van der Waals surface area (Å²) in [6.07, 6.45) is 6.03. The molecule has 1 fully saturated rings. The Balaban J connectivity index is 2.56. The van der Waals surface area contributed by atoms with E-state index in [2.05, 4.69) is 10.2 Å². The van der Waals surface area contributed by atoms with Crippen LogP contribution >= 0.6 is 0 Å². The molecule has 1 amide bonds. The Morgan fingerprint density at radius 3 is 2.65 bits per heavy atom. The van der Waals surface area contributed by atoms with Crippen LogP contribution in [0.15, 0.2) is 0 Å². The molecule has 1 unspecified atom stereocenters. The van der Waals surface area contributed by atoms with Gasteiger partial charge in [0, 0.05) is 19.1 Å². The molecule has 0 aromatic rings. The third-order valence-corrected chi connectivity index (χ3v) is 3.64. The summed E-state index contributed by atoms with van der Waals surface area (Å²) in [5.74, 6) is 0.149. The fraction of sp³-hybridized carbons (Fsp3) is 0.923. The average Bonchev–Trinajstić information content (AvgIpc) is 2.83. The van der Waals surface area contributed by atoms with Crippen molar-refractivity contribution < 1.29 is 4.79 Å². The Morgan fingerprint density at radius 2 is 2.12 bits per heavy atom. The molecular formula is C13H27N3O. The lowest BCUT2D eigenvalue weighted by Gasteiger charge is -2.33. The van der Waals surface area contributed by atoms with Gasteiger partial charge in [0.15, 0.2) is 0 Å². The highest BCUT2D eigenvalue weighted by molar-refractivity contribution is 5.81. The van der Waals surface area contributed by atoms with Crippen molar-refractivity contribution in [1.29, 1.82) is 0 Å². The van der Waals surface area contributed by atoms with Gasteiger partial charge >= 0.3 is 0 Å². The summed E-state index contributed by atoms with van der Waals surface area (Å²) in [7, 11) is 0. The first-order valence-electron chi connectivity index (χ1n) is 6.94. The highest BCUT2D eigenvalue weighted by Gasteiger charge is 2.29. The predicted octanol–water partition coefficient (Wildman–Crippen LogP) is 1.10. The van der Waals surface area contributed by atoms with Crippen molar-refractivity contribution in [3.63, 3.8) is 0 Å². The number of carbonyl (C=O) groups excluding carboxylic acids is 1. The van der Waals surface area contributed by atoms with Crippen LogP contribution in [-0.4, -0.2) is 42.5 Å². The molecule has 0 bridgehead atoms. The fourth-order valence-electron chi connectivity index (χ4n) is 2.67. The van der Waals surface area contributed by atoms with Crippen LogP contribution in [0.4, 0.5) is 0 Å². The van der Waals surface area contributed by atoms with Crippen LogP contribution in [0.25, 0.3) is 0 Å². The van der Waals surface area contributed by atoms with E-state index in [0.717, 1.165) is 13.0 Å². The standard InChI is InChI=1S/C13H27N3O/c1-3-15-13(17)11(2)16(10-6-9-14)12-7-4-5-8-12/h11-12H,3-10,14H2,1-2H3,(H,15,17). The Bertz CT molecular complexity index is 227. The van der Waals surface area contributed by atoms with Gasteiger partial charge in [-0.15, -0.1) is 0 Å². The monoisotopic (exact) mass is 241 g/mol. The van der Waals surface area contributed by atoms with Crippen molar-refractivity contribution in [2.75, 3.05) is 19.6 Å². The van der Waals surface area contributed by atoms with Crippen molar-refractivity contribution >= 4 is 5.91 Å². The molecule has 4 heteroatoms. The summed E-state index contributed by atoms with van der Waals surface area (Å²) in [6.45, 7) is 6.33. The molecule has 1 aliphatic rings. The van der Waals surface area contributed by atoms with Gasteiger partial charge in [0.25, 0.3) is 0 Å². The zero-order valence-electron chi connectivity index (χ0n) is 11.2. The SMILES string of the molecule is CCNC(=O)C(C)N(CCCN)C1CCCC1. The number of rotatable bonds is 7. The summed E-state index contributed by atoms with van der Waals surface area (Å²) in [5, 5.41) is 2.91. The minimum atomic E-state index is -0.0235. The zero-order chi connectivity index (χ0) is 12.7. The maximum absolute atomic E-state index is 11.9. The zero-order valence-corrected chi connectivity index (χ0v) is 11.2. The van der Waals surface area contributed by atoms with E-state index in [9.17, 15) is 4.79 Å². The second-order valence-electron chi connectivity index (χ2n) is 4.89. The first-order valence-corrected chi connectivity index (χ1v) is 6.94. The summed E-state index contributed by atoms with van der Waals surface area (Å²) >= 11 is 0. The van der Waals surface area contributed by atoms with Crippen molar-refractivity contribution in [1.82, 2.24) is 10.2 Å². The van der Waals surface area contributed by atoms with Crippen LogP contribution < -0.4 is 11.1 Å². The number of nitrogens with zero attached hydrogens (tertiary/aromatic N) is 1. The molecule has 0 saturated heterocycles. The van der Waals surface area contributed by atoms with E-state index in [1.807, 2.05) is 13.8 Å². The van der Waals surface area contributed by atoms with Gasteiger partial charge in [0.1, 0.15) is 0 Å². The molecule has 1 atom stereocenters. The minimum Gasteiger partial charge on any atom is -0.355 e. The first kappa shape index (κ1) is 14.5. The van der Waals surface area contributed by atoms with Gasteiger partial charge in [-0.2, -0.15) is 0 Å². The van der Waals surface area contributed by atoms with Gasteiger partial charge < -0.3 is 11.1 Å². The Kier molecular flexibility index (Phi) is 6.52. The second kappa shape index (κ2) is 7.67. The number of hydrogen-bond donors (Lipinski definition) is 2. The Labute approximate surface area is 105 Å². The largest absolute Gasteiger partial charge is 0.355 e. The van der Waals surface area contributed by atoms with Gasteiger partial charge in [-0.3, -0.25) is 9.69 Å². The van der Waals surface area contributed by atoms with E-state index in [1.165, 1.54) is 25.7 Å². The Hall–Kier alpha value is -0.610. The Morgan fingerprint density at radius 1 is 1.47 bits per heavy atom. The molecule has 1 aliphatic carbocycles. The van der Waals surface area contributed by atoms with Crippen molar-refractivity contribution in [2.45, 2.75) is 58.0 Å². The summed E-state index contributed by atoms with van der Waals surface area (Å²) in [5.41, 5.74) is 5.58. The average molecular weight is 241 g/mol. The van der Waals surface area contributed by atoms with Crippen molar-refractivity contribution in [2.24, 2.45) is 5.73 Å². The van der Waals surface area contributed by atoms with Crippen LogP contribution in [0.1, 0.15) is 46.0 Å². The third-order valence-electron chi connectivity index (χ3n) is 3.64. The number of hydrogen-bond acceptors (Lipinski definition) is 3. The maximum Gasteiger partial charge on any atom is 0.237 e. The molecule has 0 aliphatic heterocycles. The molecular weight excluding hydrogens is 214 g/mol. The van der Waals surface area contributed by atoms with E-state index in [-0.39, 0.29) is 11.9 Å². The number of likely N-dealkylation sites (N-methyl/N-ethyl adjacent to an activating group) is 1. The molecule has 1 saturated carbocycles. The molecule has 3 N–H and O–H groups in total. The van der Waals surface area contributed by atoms with E-state index in [0.29, 0.717) is 19.1 Å². The van der Waals surface area contributed by atoms with E-state index >= 15 is 0 Å². The summed E-state index contributed by atoms with van der Waals surface area (Å²) in [4.78, 5) is 14.3. The normalized spacial score (nSPS) is 18.6. The van der Waals surface area contributed by atoms with Crippen molar-refractivity contribution in [3.05, 3.63) is 0 Å². The minimum absolute atomic E-state index is 0.0235. The number of nitrogens with one attached hydrogen (secondary N) is 1. The van der Waals surface area contributed by atoms with Crippen LogP contribution in [0.5, 0.6) is 0 Å².